The lowest BCUT2D eigenvalue weighted by atomic mass is 10.1. The van der Waals surface area contributed by atoms with E-state index in [0.717, 1.165) is 17.1 Å². The van der Waals surface area contributed by atoms with Gasteiger partial charge >= 0.3 is 0 Å². The third-order valence-electron chi connectivity index (χ3n) is 2.50. The summed E-state index contributed by atoms with van der Waals surface area (Å²) in [5.74, 6) is 1.68. The Kier molecular flexibility index (Phi) is 6.54. The second-order valence-corrected chi connectivity index (χ2v) is 6.14. The van der Waals surface area contributed by atoms with Gasteiger partial charge in [-0.3, -0.25) is 0 Å². The van der Waals surface area contributed by atoms with Crippen molar-refractivity contribution in [2.75, 3.05) is 12.4 Å². The van der Waals surface area contributed by atoms with Gasteiger partial charge in [0.2, 0.25) is 0 Å². The maximum absolute atomic E-state index is 8.96. The summed E-state index contributed by atoms with van der Waals surface area (Å²) in [7, 11) is 0. The molecule has 0 fully saturated rings. The smallest absolute Gasteiger partial charge is 0.119 e. The Hall–Kier alpha value is -0.710. The minimum Gasteiger partial charge on any atom is -0.491 e. The van der Waals surface area contributed by atoms with Crippen LogP contribution in [-0.2, 0) is 0 Å². The monoisotopic (exact) mass is 269 g/mol. The third kappa shape index (κ3) is 5.29. The lowest BCUT2D eigenvalue weighted by Gasteiger charge is -2.15. The number of nitrogens with two attached hydrogens (primary N) is 1. The highest BCUT2D eigenvalue weighted by Crippen LogP contribution is 2.22. The molecule has 0 aromatic heterocycles. The second-order valence-electron chi connectivity index (χ2n) is 4.67. The number of thioether (sulfide) groups is 1. The van der Waals surface area contributed by atoms with E-state index < -0.39 is 0 Å². The lowest BCUT2D eigenvalue weighted by Crippen LogP contribution is -2.16. The molecule has 0 radical (unpaired) electrons. The Balaban J connectivity index is 2.50. The van der Waals surface area contributed by atoms with E-state index in [2.05, 4.69) is 0 Å². The van der Waals surface area contributed by atoms with E-state index in [0.29, 0.717) is 0 Å². The van der Waals surface area contributed by atoms with Crippen molar-refractivity contribution in [3.8, 4) is 5.75 Å². The average Bonchev–Trinajstić information content (AvgIpc) is 2.35. The molecule has 1 aromatic carbocycles. The molecule has 0 aliphatic rings. The van der Waals surface area contributed by atoms with Crippen LogP contribution >= 0.6 is 11.8 Å². The van der Waals surface area contributed by atoms with Gasteiger partial charge in [0.05, 0.1) is 12.7 Å². The number of rotatable bonds is 7. The van der Waals surface area contributed by atoms with Crippen LogP contribution in [0, 0.1) is 0 Å². The molecule has 18 heavy (non-hydrogen) atoms. The van der Waals surface area contributed by atoms with Crippen LogP contribution in [0.15, 0.2) is 24.3 Å². The van der Waals surface area contributed by atoms with Crippen molar-refractivity contribution in [3.63, 3.8) is 0 Å². The number of hydrogen-bond acceptors (Lipinski definition) is 4. The van der Waals surface area contributed by atoms with Gasteiger partial charge in [-0.15, -0.1) is 0 Å². The van der Waals surface area contributed by atoms with Crippen LogP contribution in [0.2, 0.25) is 0 Å². The van der Waals surface area contributed by atoms with Crippen LogP contribution in [-0.4, -0.2) is 28.8 Å². The molecule has 0 spiro atoms. The van der Waals surface area contributed by atoms with Crippen LogP contribution in [0.5, 0.6) is 5.75 Å². The molecule has 2 unspecified atom stereocenters. The summed E-state index contributed by atoms with van der Waals surface area (Å²) in [6.07, 6.45) is 0.186. The second kappa shape index (κ2) is 7.67. The highest BCUT2D eigenvalue weighted by molar-refractivity contribution is 7.99. The van der Waals surface area contributed by atoms with Crippen molar-refractivity contribution in [3.05, 3.63) is 29.8 Å². The molecule has 3 N–H and O–H groups in total. The molecule has 0 bridgehead atoms. The van der Waals surface area contributed by atoms with Crippen LogP contribution in [0.25, 0.3) is 0 Å². The molecule has 1 aromatic rings. The molecule has 0 saturated heterocycles. The minimum absolute atomic E-state index is 0.00269. The molecule has 0 heterocycles. The highest BCUT2D eigenvalue weighted by atomic mass is 32.2. The topological polar surface area (TPSA) is 55.5 Å². The van der Waals surface area contributed by atoms with E-state index in [-0.39, 0.29) is 24.0 Å². The van der Waals surface area contributed by atoms with E-state index >= 15 is 0 Å². The van der Waals surface area contributed by atoms with Gasteiger partial charge in [-0.1, -0.05) is 19.1 Å². The summed E-state index contributed by atoms with van der Waals surface area (Å²) < 4.78 is 5.59. The quantitative estimate of drug-likeness (QED) is 0.799. The predicted molar refractivity (Wildman–Crippen MR) is 78.1 cm³/mol. The first-order valence-corrected chi connectivity index (χ1v) is 7.32. The first-order chi connectivity index (χ1) is 8.52. The fraction of sp³-hybridized carbons (Fsp3) is 0.571. The van der Waals surface area contributed by atoms with Crippen molar-refractivity contribution in [1.29, 1.82) is 0 Å². The maximum atomic E-state index is 8.96. The fourth-order valence-electron chi connectivity index (χ4n) is 1.48. The van der Waals surface area contributed by atoms with Gasteiger partial charge in [0.1, 0.15) is 5.75 Å². The van der Waals surface area contributed by atoms with E-state index in [1.54, 1.807) is 11.8 Å². The zero-order chi connectivity index (χ0) is 13.5. The number of ether oxygens (including phenoxy) is 1. The molecule has 0 saturated carbocycles. The summed E-state index contributed by atoms with van der Waals surface area (Å²) in [5, 5.41) is 9.20. The standard InChI is InChI=1S/C14H23NO2S/c1-10(2)17-13-6-4-12(5-7-13)14(15)9-18-11(3)8-16/h4-7,10-11,14,16H,8-9,15H2,1-3H3. The largest absolute Gasteiger partial charge is 0.491 e. The van der Waals surface area contributed by atoms with Crippen LogP contribution in [0.4, 0.5) is 0 Å². The SMILES string of the molecule is CC(C)Oc1ccc(C(N)CSC(C)CO)cc1. The molecule has 3 nitrogen and oxygen atoms in total. The summed E-state index contributed by atoms with van der Waals surface area (Å²) in [6.45, 7) is 6.20. The van der Waals surface area contributed by atoms with Crippen LogP contribution in [0.1, 0.15) is 32.4 Å². The predicted octanol–water partition coefficient (Wildman–Crippen LogP) is 2.59. The van der Waals surface area contributed by atoms with Gasteiger partial charge in [0.15, 0.2) is 0 Å². The summed E-state index contributed by atoms with van der Waals surface area (Å²) in [6, 6.07) is 7.92. The first-order valence-electron chi connectivity index (χ1n) is 6.27. The molecule has 0 aliphatic carbocycles. The van der Waals surface area contributed by atoms with Gasteiger partial charge in [0.25, 0.3) is 0 Å². The molecular weight excluding hydrogens is 246 g/mol. The summed E-state index contributed by atoms with van der Waals surface area (Å²) in [5.41, 5.74) is 7.21. The molecule has 102 valence electrons. The van der Waals surface area contributed by atoms with E-state index in [1.165, 1.54) is 0 Å². The van der Waals surface area contributed by atoms with Crippen LogP contribution in [0.3, 0.4) is 0 Å². The molecule has 0 amide bonds. The maximum Gasteiger partial charge on any atom is 0.119 e. The number of aliphatic hydroxyl groups is 1. The van der Waals surface area contributed by atoms with Gasteiger partial charge in [-0.05, 0) is 31.5 Å². The van der Waals surface area contributed by atoms with Gasteiger partial charge in [-0.2, -0.15) is 11.8 Å². The molecule has 0 aliphatic heterocycles. The van der Waals surface area contributed by atoms with Crippen molar-refractivity contribution >= 4 is 11.8 Å². The zero-order valence-corrected chi connectivity index (χ0v) is 12.1. The normalized spacial score (nSPS) is 14.6. The highest BCUT2D eigenvalue weighted by Gasteiger charge is 2.09. The molecule has 1 rings (SSSR count). The van der Waals surface area contributed by atoms with E-state index in [9.17, 15) is 0 Å². The first kappa shape index (κ1) is 15.3. The number of aliphatic hydroxyl groups excluding tert-OH is 1. The molecular formula is C14H23NO2S. The third-order valence-corrected chi connectivity index (χ3v) is 3.77. The summed E-state index contributed by atoms with van der Waals surface area (Å²) >= 11 is 1.69. The van der Waals surface area contributed by atoms with Crippen molar-refractivity contribution < 1.29 is 9.84 Å². The van der Waals surface area contributed by atoms with Crippen molar-refractivity contribution in [2.45, 2.75) is 38.2 Å². The van der Waals surface area contributed by atoms with Crippen molar-refractivity contribution in [2.24, 2.45) is 5.73 Å². The zero-order valence-electron chi connectivity index (χ0n) is 11.3. The van der Waals surface area contributed by atoms with Gasteiger partial charge in [0, 0.05) is 17.0 Å². The fourth-order valence-corrected chi connectivity index (χ4v) is 2.32. The van der Waals surface area contributed by atoms with Crippen LogP contribution < -0.4 is 10.5 Å². The number of hydrogen-bond donors (Lipinski definition) is 2. The molecule has 4 heteroatoms. The van der Waals surface area contributed by atoms with Crippen molar-refractivity contribution in [1.82, 2.24) is 0 Å². The number of benzene rings is 1. The van der Waals surface area contributed by atoms with E-state index in [4.69, 9.17) is 15.6 Å². The Bertz CT molecular complexity index is 340. The minimum atomic E-state index is -0.00269. The van der Waals surface area contributed by atoms with E-state index in [1.807, 2.05) is 45.0 Å². The van der Waals surface area contributed by atoms with Gasteiger partial charge < -0.3 is 15.6 Å². The summed E-state index contributed by atoms with van der Waals surface area (Å²) in [4.78, 5) is 0. The Morgan fingerprint density at radius 3 is 2.33 bits per heavy atom. The lowest BCUT2D eigenvalue weighted by molar-refractivity contribution is 0.242. The average molecular weight is 269 g/mol. The molecule has 2 atom stereocenters. The Morgan fingerprint density at radius 2 is 1.83 bits per heavy atom. The Labute approximate surface area is 114 Å². The van der Waals surface area contributed by atoms with Gasteiger partial charge in [-0.25, -0.2) is 0 Å². The Morgan fingerprint density at radius 1 is 1.22 bits per heavy atom.